The second-order valence-electron chi connectivity index (χ2n) is 3.93. The second kappa shape index (κ2) is 7.27. The van der Waals surface area contributed by atoms with Crippen LogP contribution in [0.3, 0.4) is 0 Å². The van der Waals surface area contributed by atoms with Crippen LogP contribution in [-0.2, 0) is 16.1 Å². The molecule has 0 aliphatic heterocycles. The third-order valence-electron chi connectivity index (χ3n) is 2.38. The minimum atomic E-state index is -0.544. The highest BCUT2D eigenvalue weighted by atomic mass is 16.2. The molecular formula is C14H18N2O2. The number of hydrogen-bond acceptors (Lipinski definition) is 2. The molecule has 1 aromatic rings. The van der Waals surface area contributed by atoms with Crippen LogP contribution >= 0.6 is 0 Å². The Morgan fingerprint density at radius 3 is 2.56 bits per heavy atom. The fourth-order valence-electron chi connectivity index (χ4n) is 1.42. The Kier molecular flexibility index (Phi) is 5.64. The number of nitrogens with one attached hydrogen (secondary N) is 2. The van der Waals surface area contributed by atoms with E-state index in [2.05, 4.69) is 10.6 Å². The van der Waals surface area contributed by atoms with Gasteiger partial charge in [0.25, 0.3) is 0 Å². The first kappa shape index (κ1) is 14.0. The number of rotatable bonds is 5. The number of carbonyl (C=O) groups is 2. The summed E-state index contributed by atoms with van der Waals surface area (Å²) in [6.45, 7) is 3.87. The molecule has 0 fully saturated rings. The maximum Gasteiger partial charge on any atom is 0.244 e. The van der Waals surface area contributed by atoms with Gasteiger partial charge in [-0.25, -0.2) is 0 Å². The van der Waals surface area contributed by atoms with E-state index in [0.717, 1.165) is 5.56 Å². The Morgan fingerprint density at radius 2 is 1.94 bits per heavy atom. The lowest BCUT2D eigenvalue weighted by Crippen LogP contribution is -2.44. The molecular weight excluding hydrogens is 228 g/mol. The van der Waals surface area contributed by atoms with E-state index >= 15 is 0 Å². The van der Waals surface area contributed by atoms with Gasteiger partial charge in [-0.15, -0.1) is 0 Å². The van der Waals surface area contributed by atoms with Crippen molar-refractivity contribution in [2.75, 3.05) is 0 Å². The van der Waals surface area contributed by atoms with E-state index in [1.54, 1.807) is 19.9 Å². The normalized spacial score (nSPS) is 12.1. The summed E-state index contributed by atoms with van der Waals surface area (Å²) in [5.74, 6) is -0.462. The van der Waals surface area contributed by atoms with Gasteiger partial charge >= 0.3 is 0 Å². The zero-order valence-electron chi connectivity index (χ0n) is 10.6. The molecule has 0 radical (unpaired) electrons. The zero-order chi connectivity index (χ0) is 13.4. The molecule has 0 aromatic heterocycles. The monoisotopic (exact) mass is 246 g/mol. The lowest BCUT2D eigenvalue weighted by atomic mass is 10.2. The minimum Gasteiger partial charge on any atom is -0.350 e. The molecule has 0 spiro atoms. The summed E-state index contributed by atoms with van der Waals surface area (Å²) < 4.78 is 0. The van der Waals surface area contributed by atoms with Crippen molar-refractivity contribution in [1.29, 1.82) is 0 Å². The Bertz CT molecular complexity index is 427. The summed E-state index contributed by atoms with van der Waals surface area (Å²) in [5, 5.41) is 5.35. The smallest absolute Gasteiger partial charge is 0.244 e. The van der Waals surface area contributed by atoms with Crippen LogP contribution in [0, 0.1) is 0 Å². The van der Waals surface area contributed by atoms with E-state index < -0.39 is 6.04 Å². The van der Waals surface area contributed by atoms with Crippen LogP contribution in [-0.4, -0.2) is 17.9 Å². The lowest BCUT2D eigenvalue weighted by molar-refractivity contribution is -0.126. The van der Waals surface area contributed by atoms with Crippen molar-refractivity contribution in [2.24, 2.45) is 0 Å². The van der Waals surface area contributed by atoms with Crippen molar-refractivity contribution < 1.29 is 9.59 Å². The highest BCUT2D eigenvalue weighted by molar-refractivity contribution is 5.92. The number of carbonyl (C=O) groups excluding carboxylic acids is 2. The fourth-order valence-corrected chi connectivity index (χ4v) is 1.42. The predicted molar refractivity (Wildman–Crippen MR) is 70.7 cm³/mol. The molecule has 0 heterocycles. The Morgan fingerprint density at radius 1 is 1.28 bits per heavy atom. The maximum absolute atomic E-state index is 11.7. The van der Waals surface area contributed by atoms with Crippen LogP contribution in [0.5, 0.6) is 0 Å². The van der Waals surface area contributed by atoms with Crippen molar-refractivity contribution in [1.82, 2.24) is 10.6 Å². The minimum absolute atomic E-state index is 0.197. The highest BCUT2D eigenvalue weighted by Crippen LogP contribution is 1.97. The quantitative estimate of drug-likeness (QED) is 0.771. The number of hydrogen-bond donors (Lipinski definition) is 2. The SMILES string of the molecule is CC=CC(=O)N[C@@H](C)C(=O)NCc1ccccc1. The molecule has 0 aliphatic rings. The summed E-state index contributed by atoms with van der Waals surface area (Å²) in [6, 6.07) is 9.08. The first-order chi connectivity index (χ1) is 8.63. The topological polar surface area (TPSA) is 58.2 Å². The molecule has 0 unspecified atom stereocenters. The standard InChI is InChI=1S/C14H18N2O2/c1-3-7-13(17)16-11(2)14(18)15-10-12-8-5-4-6-9-12/h3-9,11H,10H2,1-2H3,(H,15,18)(H,16,17)/t11-/m0/s1. The molecule has 0 bridgehead atoms. The van der Waals surface area contributed by atoms with Crippen molar-refractivity contribution in [3.8, 4) is 0 Å². The summed E-state index contributed by atoms with van der Waals surface area (Å²) in [4.78, 5) is 23.0. The van der Waals surface area contributed by atoms with E-state index in [0.29, 0.717) is 6.54 Å². The van der Waals surface area contributed by atoms with E-state index in [1.165, 1.54) is 6.08 Å². The third kappa shape index (κ3) is 4.82. The van der Waals surface area contributed by atoms with Crippen molar-refractivity contribution in [3.63, 3.8) is 0 Å². The number of amides is 2. The summed E-state index contributed by atoms with van der Waals surface area (Å²) in [6.07, 6.45) is 3.02. The van der Waals surface area contributed by atoms with Crippen LogP contribution in [0.25, 0.3) is 0 Å². The van der Waals surface area contributed by atoms with Gasteiger partial charge in [-0.1, -0.05) is 36.4 Å². The van der Waals surface area contributed by atoms with Crippen molar-refractivity contribution in [2.45, 2.75) is 26.4 Å². The van der Waals surface area contributed by atoms with Gasteiger partial charge in [0.2, 0.25) is 11.8 Å². The van der Waals surface area contributed by atoms with E-state index in [4.69, 9.17) is 0 Å². The molecule has 0 saturated heterocycles. The molecule has 2 N–H and O–H groups in total. The molecule has 4 heteroatoms. The van der Waals surface area contributed by atoms with Crippen LogP contribution < -0.4 is 10.6 Å². The van der Waals surface area contributed by atoms with Crippen LogP contribution in [0.4, 0.5) is 0 Å². The maximum atomic E-state index is 11.7. The Hall–Kier alpha value is -2.10. The van der Waals surface area contributed by atoms with Crippen LogP contribution in [0.1, 0.15) is 19.4 Å². The van der Waals surface area contributed by atoms with Gasteiger partial charge in [0.1, 0.15) is 6.04 Å². The number of benzene rings is 1. The lowest BCUT2D eigenvalue weighted by Gasteiger charge is -2.12. The van der Waals surface area contributed by atoms with Crippen molar-refractivity contribution >= 4 is 11.8 Å². The molecule has 2 amide bonds. The first-order valence-electron chi connectivity index (χ1n) is 5.88. The Labute approximate surface area is 107 Å². The molecule has 1 rings (SSSR count). The van der Waals surface area contributed by atoms with Gasteiger partial charge in [-0.3, -0.25) is 9.59 Å². The average molecular weight is 246 g/mol. The van der Waals surface area contributed by atoms with Gasteiger partial charge in [0.05, 0.1) is 0 Å². The predicted octanol–water partition coefficient (Wildman–Crippen LogP) is 1.38. The largest absolute Gasteiger partial charge is 0.350 e. The summed E-state index contributed by atoms with van der Waals surface area (Å²) >= 11 is 0. The van der Waals surface area contributed by atoms with Gasteiger partial charge in [0, 0.05) is 6.54 Å². The third-order valence-corrected chi connectivity index (χ3v) is 2.38. The first-order valence-corrected chi connectivity index (χ1v) is 5.88. The molecule has 0 aliphatic carbocycles. The average Bonchev–Trinajstić information content (AvgIpc) is 2.37. The highest BCUT2D eigenvalue weighted by Gasteiger charge is 2.13. The van der Waals surface area contributed by atoms with Gasteiger partial charge < -0.3 is 10.6 Å². The van der Waals surface area contributed by atoms with E-state index in [-0.39, 0.29) is 11.8 Å². The molecule has 18 heavy (non-hydrogen) atoms. The van der Waals surface area contributed by atoms with E-state index in [9.17, 15) is 9.59 Å². The molecule has 1 atom stereocenters. The van der Waals surface area contributed by atoms with Gasteiger partial charge in [0.15, 0.2) is 0 Å². The number of allylic oxidation sites excluding steroid dienone is 1. The molecule has 1 aromatic carbocycles. The van der Waals surface area contributed by atoms with Crippen LogP contribution in [0.2, 0.25) is 0 Å². The summed E-state index contributed by atoms with van der Waals surface area (Å²) in [5.41, 5.74) is 1.03. The summed E-state index contributed by atoms with van der Waals surface area (Å²) in [7, 11) is 0. The molecule has 4 nitrogen and oxygen atoms in total. The molecule has 0 saturated carbocycles. The van der Waals surface area contributed by atoms with Gasteiger partial charge in [-0.2, -0.15) is 0 Å². The molecule has 96 valence electrons. The fraction of sp³-hybridized carbons (Fsp3) is 0.286. The Balaban J connectivity index is 2.39. The zero-order valence-corrected chi connectivity index (χ0v) is 10.6. The van der Waals surface area contributed by atoms with Crippen molar-refractivity contribution in [3.05, 3.63) is 48.0 Å². The van der Waals surface area contributed by atoms with E-state index in [1.807, 2.05) is 30.3 Å². The van der Waals surface area contributed by atoms with Gasteiger partial charge in [-0.05, 0) is 25.5 Å². The second-order valence-corrected chi connectivity index (χ2v) is 3.93. The van der Waals surface area contributed by atoms with Crippen LogP contribution in [0.15, 0.2) is 42.5 Å².